The number of hydrogen-bond donors (Lipinski definition) is 2. The third-order valence-electron chi connectivity index (χ3n) is 5.00. The molecule has 0 aromatic heterocycles. The molecule has 0 aromatic carbocycles. The fourth-order valence-corrected chi connectivity index (χ4v) is 3.07. The fraction of sp³-hybridized carbons (Fsp3) is 0.867. The van der Waals surface area contributed by atoms with Crippen molar-refractivity contribution in [2.24, 2.45) is 17.1 Å². The molecule has 2 saturated carbocycles. The highest BCUT2D eigenvalue weighted by atomic mass is 16.5. The van der Waals surface area contributed by atoms with E-state index in [9.17, 15) is 9.59 Å². The van der Waals surface area contributed by atoms with Gasteiger partial charge in [0.1, 0.15) is 12.1 Å². The minimum absolute atomic E-state index is 0.0518. The lowest BCUT2D eigenvalue weighted by Gasteiger charge is -2.58. The van der Waals surface area contributed by atoms with Crippen molar-refractivity contribution in [3.05, 3.63) is 0 Å². The molecule has 0 saturated heterocycles. The number of amides is 1. The molecule has 2 unspecified atom stereocenters. The van der Waals surface area contributed by atoms with Gasteiger partial charge in [-0.05, 0) is 25.7 Å². The maximum Gasteiger partial charge on any atom is 0.323 e. The predicted molar refractivity (Wildman–Crippen MR) is 77.7 cm³/mol. The lowest BCUT2D eigenvalue weighted by molar-refractivity contribution is -0.180. The average molecular weight is 298 g/mol. The number of nitrogens with zero attached hydrogens (tertiary/aromatic N) is 1. The second kappa shape index (κ2) is 5.57. The molecule has 21 heavy (non-hydrogen) atoms. The third kappa shape index (κ3) is 2.92. The first kappa shape index (κ1) is 16.2. The number of carbonyl (C=O) groups excluding carboxylic acids is 1. The van der Waals surface area contributed by atoms with Crippen molar-refractivity contribution in [1.82, 2.24) is 4.90 Å². The van der Waals surface area contributed by atoms with E-state index in [-0.39, 0.29) is 18.6 Å². The van der Waals surface area contributed by atoms with Gasteiger partial charge in [-0.15, -0.1) is 0 Å². The zero-order chi connectivity index (χ0) is 15.8. The van der Waals surface area contributed by atoms with Gasteiger partial charge in [-0.2, -0.15) is 0 Å². The Labute approximate surface area is 125 Å². The zero-order valence-corrected chi connectivity index (χ0v) is 13.1. The summed E-state index contributed by atoms with van der Waals surface area (Å²) in [6.45, 7) is 6.57. The van der Waals surface area contributed by atoms with Crippen LogP contribution in [0.25, 0.3) is 0 Å². The highest BCUT2D eigenvalue weighted by Gasteiger charge is 2.63. The maximum atomic E-state index is 12.8. The molecule has 0 spiro atoms. The van der Waals surface area contributed by atoms with Crippen LogP contribution in [0.5, 0.6) is 0 Å². The Bertz CT molecular complexity index is 433. The van der Waals surface area contributed by atoms with Crippen molar-refractivity contribution in [3.8, 4) is 0 Å². The van der Waals surface area contributed by atoms with Gasteiger partial charge in [0.2, 0.25) is 5.91 Å². The quantitative estimate of drug-likeness (QED) is 0.726. The van der Waals surface area contributed by atoms with Gasteiger partial charge < -0.3 is 20.5 Å². The summed E-state index contributed by atoms with van der Waals surface area (Å²) < 4.78 is 5.63. The number of rotatable bonds is 7. The summed E-state index contributed by atoms with van der Waals surface area (Å²) in [7, 11) is 0. The van der Waals surface area contributed by atoms with E-state index in [1.54, 1.807) is 0 Å². The normalized spacial score (nSPS) is 30.6. The predicted octanol–water partition coefficient (Wildman–Crippen LogP) is 0.842. The summed E-state index contributed by atoms with van der Waals surface area (Å²) >= 11 is 0. The SMILES string of the molecule is CCOC1CC(N)(C(=O)N(CC(=O)O)CC2CC2)C1(C)C. The van der Waals surface area contributed by atoms with Crippen LogP contribution < -0.4 is 5.73 Å². The molecule has 0 radical (unpaired) electrons. The van der Waals surface area contributed by atoms with E-state index in [0.717, 1.165) is 12.8 Å². The first-order valence-corrected chi connectivity index (χ1v) is 7.64. The Balaban J connectivity index is 2.10. The summed E-state index contributed by atoms with van der Waals surface area (Å²) in [4.78, 5) is 25.2. The molecule has 6 nitrogen and oxygen atoms in total. The van der Waals surface area contributed by atoms with E-state index in [0.29, 0.717) is 25.5 Å². The van der Waals surface area contributed by atoms with Gasteiger partial charge in [-0.3, -0.25) is 9.59 Å². The van der Waals surface area contributed by atoms with Crippen molar-refractivity contribution in [3.63, 3.8) is 0 Å². The monoisotopic (exact) mass is 298 g/mol. The summed E-state index contributed by atoms with van der Waals surface area (Å²) in [6, 6.07) is 0. The van der Waals surface area contributed by atoms with Gasteiger partial charge >= 0.3 is 5.97 Å². The Morgan fingerprint density at radius 1 is 1.38 bits per heavy atom. The molecule has 1 amide bonds. The van der Waals surface area contributed by atoms with Crippen LogP contribution >= 0.6 is 0 Å². The molecule has 6 heteroatoms. The highest BCUT2D eigenvalue weighted by molar-refractivity contribution is 5.91. The van der Waals surface area contributed by atoms with Crippen LogP contribution in [-0.2, 0) is 14.3 Å². The van der Waals surface area contributed by atoms with Crippen LogP contribution in [0.2, 0.25) is 0 Å². The molecular formula is C15H26N2O4. The minimum atomic E-state index is -1.03. The second-order valence-corrected chi connectivity index (χ2v) is 6.86. The molecule has 0 aliphatic heterocycles. The van der Waals surface area contributed by atoms with Crippen LogP contribution in [0.3, 0.4) is 0 Å². The molecule has 2 aliphatic rings. The fourth-order valence-electron chi connectivity index (χ4n) is 3.07. The Hall–Kier alpha value is -1.14. The van der Waals surface area contributed by atoms with E-state index in [2.05, 4.69) is 0 Å². The minimum Gasteiger partial charge on any atom is -0.480 e. The molecule has 2 aliphatic carbocycles. The molecule has 2 fully saturated rings. The lowest BCUT2D eigenvalue weighted by atomic mass is 9.54. The molecular weight excluding hydrogens is 272 g/mol. The van der Waals surface area contributed by atoms with E-state index in [1.807, 2.05) is 20.8 Å². The summed E-state index contributed by atoms with van der Waals surface area (Å²) in [5.74, 6) is -0.813. The van der Waals surface area contributed by atoms with E-state index < -0.39 is 16.9 Å². The van der Waals surface area contributed by atoms with Gasteiger partial charge in [-0.1, -0.05) is 13.8 Å². The number of carboxylic acids is 1. The number of carboxylic acid groups (broad SMARTS) is 1. The lowest BCUT2D eigenvalue weighted by Crippen LogP contribution is -2.76. The van der Waals surface area contributed by atoms with E-state index >= 15 is 0 Å². The Morgan fingerprint density at radius 2 is 2.00 bits per heavy atom. The molecule has 120 valence electrons. The van der Waals surface area contributed by atoms with Crippen molar-refractivity contribution in [1.29, 1.82) is 0 Å². The van der Waals surface area contributed by atoms with Crippen LogP contribution in [0.15, 0.2) is 0 Å². The van der Waals surface area contributed by atoms with Gasteiger partial charge in [0.15, 0.2) is 0 Å². The topological polar surface area (TPSA) is 92.9 Å². The molecule has 2 rings (SSSR count). The number of nitrogens with two attached hydrogens (primary N) is 1. The molecule has 2 atom stereocenters. The highest BCUT2D eigenvalue weighted by Crippen LogP contribution is 2.50. The number of carbonyl (C=O) groups is 2. The molecule has 3 N–H and O–H groups in total. The van der Waals surface area contributed by atoms with Crippen molar-refractivity contribution < 1.29 is 19.4 Å². The molecule has 0 aromatic rings. The first-order chi connectivity index (χ1) is 9.72. The number of aliphatic carboxylic acids is 1. The Morgan fingerprint density at radius 3 is 2.43 bits per heavy atom. The van der Waals surface area contributed by atoms with Crippen molar-refractivity contribution >= 4 is 11.9 Å². The average Bonchev–Trinajstić information content (AvgIpc) is 3.20. The second-order valence-electron chi connectivity index (χ2n) is 6.86. The van der Waals surface area contributed by atoms with E-state index in [1.165, 1.54) is 4.90 Å². The zero-order valence-electron chi connectivity index (χ0n) is 13.1. The third-order valence-corrected chi connectivity index (χ3v) is 5.00. The van der Waals surface area contributed by atoms with Crippen molar-refractivity contribution in [2.75, 3.05) is 19.7 Å². The summed E-state index contributed by atoms with van der Waals surface area (Å²) in [5, 5.41) is 9.03. The summed E-state index contributed by atoms with van der Waals surface area (Å²) in [6.07, 6.45) is 2.52. The maximum absolute atomic E-state index is 12.8. The number of ether oxygens (including phenoxy) is 1. The van der Waals surface area contributed by atoms with Crippen LogP contribution in [0, 0.1) is 11.3 Å². The number of hydrogen-bond acceptors (Lipinski definition) is 4. The largest absolute Gasteiger partial charge is 0.480 e. The van der Waals surface area contributed by atoms with E-state index in [4.69, 9.17) is 15.6 Å². The van der Waals surface area contributed by atoms with Crippen LogP contribution in [0.1, 0.15) is 40.0 Å². The standard InChI is InChI=1S/C15H26N2O4/c1-4-21-11-7-15(16,14(11,2)3)13(20)17(9-12(18)19)8-10-5-6-10/h10-11H,4-9,16H2,1-3H3,(H,18,19). The molecule has 0 heterocycles. The first-order valence-electron chi connectivity index (χ1n) is 7.64. The summed E-state index contributed by atoms with van der Waals surface area (Å²) in [5.41, 5.74) is 4.84. The van der Waals surface area contributed by atoms with Crippen LogP contribution in [0.4, 0.5) is 0 Å². The van der Waals surface area contributed by atoms with Crippen molar-refractivity contribution in [2.45, 2.75) is 51.7 Å². The molecule has 0 bridgehead atoms. The smallest absolute Gasteiger partial charge is 0.323 e. The van der Waals surface area contributed by atoms with Gasteiger partial charge in [0.25, 0.3) is 0 Å². The van der Waals surface area contributed by atoms with Crippen LogP contribution in [-0.4, -0.2) is 53.2 Å². The van der Waals surface area contributed by atoms with Gasteiger partial charge in [0.05, 0.1) is 6.10 Å². The Kier molecular flexibility index (Phi) is 4.31. The van der Waals surface area contributed by atoms with Gasteiger partial charge in [-0.25, -0.2) is 0 Å². The van der Waals surface area contributed by atoms with Gasteiger partial charge in [0, 0.05) is 25.0 Å².